The first-order chi connectivity index (χ1) is 7.68. The molecule has 0 saturated carbocycles. The molecule has 1 atom stereocenters. The third kappa shape index (κ3) is 3.22. The molecule has 0 aliphatic rings. The van der Waals surface area contributed by atoms with Crippen molar-refractivity contribution in [3.8, 4) is 0 Å². The van der Waals surface area contributed by atoms with E-state index in [9.17, 15) is 13.2 Å². The lowest BCUT2D eigenvalue weighted by atomic mass is 9.82. The highest BCUT2D eigenvalue weighted by Gasteiger charge is 2.37. The highest BCUT2D eigenvalue weighted by atomic mass is 19.4. The molecule has 0 radical (unpaired) electrons. The van der Waals surface area contributed by atoms with Crippen molar-refractivity contribution in [1.29, 1.82) is 0 Å². The van der Waals surface area contributed by atoms with Crippen LogP contribution in [0.2, 0.25) is 0 Å². The smallest absolute Gasteiger partial charge is 0.316 e. The topological polar surface area (TPSA) is 26.0 Å². The number of benzene rings is 1. The molecule has 1 aromatic carbocycles. The van der Waals surface area contributed by atoms with Gasteiger partial charge in [-0.15, -0.1) is 0 Å². The fourth-order valence-electron chi connectivity index (χ4n) is 1.53. The molecule has 1 aromatic rings. The Morgan fingerprint density at radius 3 is 1.94 bits per heavy atom. The first kappa shape index (κ1) is 14.0. The summed E-state index contributed by atoms with van der Waals surface area (Å²) < 4.78 is 37.2. The van der Waals surface area contributed by atoms with Gasteiger partial charge in [0, 0.05) is 0 Å². The molecule has 2 N–H and O–H groups in total. The number of hydrogen-bond acceptors (Lipinski definition) is 1. The number of halogens is 3. The zero-order valence-electron chi connectivity index (χ0n) is 10.3. The lowest BCUT2D eigenvalue weighted by Crippen LogP contribution is -2.28. The number of nitrogens with two attached hydrogens (primary N) is 1. The Kier molecular flexibility index (Phi) is 3.87. The molecular formula is C13H18F3N. The molecule has 4 heteroatoms. The average Bonchev–Trinajstić information content (AvgIpc) is 2.27. The molecule has 1 rings (SSSR count). The summed E-state index contributed by atoms with van der Waals surface area (Å²) in [4.78, 5) is 0. The van der Waals surface area contributed by atoms with Crippen LogP contribution in [0, 0.1) is 0 Å². The molecular weight excluding hydrogens is 227 g/mol. The van der Waals surface area contributed by atoms with Gasteiger partial charge in [0.05, 0.1) is 0 Å². The third-order valence-electron chi connectivity index (χ3n) is 3.29. The normalized spacial score (nSPS) is 14.8. The van der Waals surface area contributed by atoms with Gasteiger partial charge < -0.3 is 5.73 Å². The van der Waals surface area contributed by atoms with E-state index in [2.05, 4.69) is 20.8 Å². The maximum Gasteiger partial charge on any atom is 0.407 e. The van der Waals surface area contributed by atoms with Crippen LogP contribution < -0.4 is 5.73 Å². The Balaban J connectivity index is 2.97. The molecule has 0 heterocycles. The summed E-state index contributed by atoms with van der Waals surface area (Å²) in [7, 11) is 0. The van der Waals surface area contributed by atoms with E-state index in [1.54, 1.807) is 12.1 Å². The zero-order chi connectivity index (χ0) is 13.3. The molecule has 0 aliphatic heterocycles. The lowest BCUT2D eigenvalue weighted by molar-refractivity contribution is -0.149. The molecule has 96 valence electrons. The van der Waals surface area contributed by atoms with Gasteiger partial charge in [-0.25, -0.2) is 0 Å². The van der Waals surface area contributed by atoms with Crippen LogP contribution in [-0.4, -0.2) is 6.18 Å². The van der Waals surface area contributed by atoms with Crippen LogP contribution in [0.4, 0.5) is 13.2 Å². The quantitative estimate of drug-likeness (QED) is 0.857. The molecule has 17 heavy (non-hydrogen) atoms. The van der Waals surface area contributed by atoms with E-state index in [1.807, 2.05) is 0 Å². The van der Waals surface area contributed by atoms with Gasteiger partial charge in [0.25, 0.3) is 0 Å². The fourth-order valence-corrected chi connectivity index (χ4v) is 1.53. The third-order valence-corrected chi connectivity index (χ3v) is 3.29. The second-order valence-electron chi connectivity index (χ2n) is 4.88. The van der Waals surface area contributed by atoms with Crippen molar-refractivity contribution in [2.45, 2.75) is 44.8 Å². The maximum atomic E-state index is 12.4. The Morgan fingerprint density at radius 1 is 1.12 bits per heavy atom. The second-order valence-corrected chi connectivity index (χ2v) is 4.88. The van der Waals surface area contributed by atoms with Crippen molar-refractivity contribution in [2.75, 3.05) is 0 Å². The van der Waals surface area contributed by atoms with Gasteiger partial charge in [0.15, 0.2) is 0 Å². The van der Waals surface area contributed by atoms with Crippen LogP contribution in [0.5, 0.6) is 0 Å². The molecule has 0 spiro atoms. The maximum absolute atomic E-state index is 12.4. The van der Waals surface area contributed by atoms with Gasteiger partial charge in [0.2, 0.25) is 0 Å². The van der Waals surface area contributed by atoms with Crippen LogP contribution in [-0.2, 0) is 5.41 Å². The molecule has 0 saturated heterocycles. The summed E-state index contributed by atoms with van der Waals surface area (Å²) in [6, 6.07) is 4.48. The van der Waals surface area contributed by atoms with Crippen molar-refractivity contribution < 1.29 is 13.2 Å². The second kappa shape index (κ2) is 4.69. The van der Waals surface area contributed by atoms with Gasteiger partial charge in [-0.1, -0.05) is 45.0 Å². The number of rotatable bonds is 3. The molecule has 0 amide bonds. The fraction of sp³-hybridized carbons (Fsp3) is 0.538. The van der Waals surface area contributed by atoms with E-state index >= 15 is 0 Å². The molecule has 1 unspecified atom stereocenters. The summed E-state index contributed by atoms with van der Waals surface area (Å²) in [6.45, 7) is 6.17. The highest BCUT2D eigenvalue weighted by molar-refractivity contribution is 5.30. The van der Waals surface area contributed by atoms with Gasteiger partial charge in [-0.05, 0) is 23.0 Å². The van der Waals surface area contributed by atoms with Crippen molar-refractivity contribution in [2.24, 2.45) is 5.73 Å². The van der Waals surface area contributed by atoms with Crippen LogP contribution in [0.3, 0.4) is 0 Å². The highest BCUT2D eigenvalue weighted by Crippen LogP contribution is 2.32. The molecule has 0 aliphatic carbocycles. The van der Waals surface area contributed by atoms with Crippen LogP contribution in [0.15, 0.2) is 24.3 Å². The van der Waals surface area contributed by atoms with Crippen LogP contribution >= 0.6 is 0 Å². The van der Waals surface area contributed by atoms with Crippen molar-refractivity contribution >= 4 is 0 Å². The first-order valence-electron chi connectivity index (χ1n) is 5.61. The van der Waals surface area contributed by atoms with Crippen LogP contribution in [0.1, 0.15) is 44.4 Å². The lowest BCUT2D eigenvalue weighted by Gasteiger charge is -2.24. The average molecular weight is 245 g/mol. The molecule has 0 fully saturated rings. The van der Waals surface area contributed by atoms with E-state index in [4.69, 9.17) is 5.73 Å². The predicted molar refractivity (Wildman–Crippen MR) is 62.7 cm³/mol. The molecule has 1 nitrogen and oxygen atoms in total. The van der Waals surface area contributed by atoms with Gasteiger partial charge >= 0.3 is 6.18 Å². The van der Waals surface area contributed by atoms with E-state index in [-0.39, 0.29) is 11.0 Å². The minimum atomic E-state index is -4.39. The Labute approximate surface area is 99.8 Å². The molecule has 0 aromatic heterocycles. The summed E-state index contributed by atoms with van der Waals surface area (Å²) >= 11 is 0. The largest absolute Gasteiger partial charge is 0.407 e. The first-order valence-corrected chi connectivity index (χ1v) is 5.61. The van der Waals surface area contributed by atoms with Crippen molar-refractivity contribution in [1.82, 2.24) is 0 Å². The van der Waals surface area contributed by atoms with Gasteiger partial charge in [0.1, 0.15) is 6.04 Å². The van der Waals surface area contributed by atoms with Crippen molar-refractivity contribution in [3.63, 3.8) is 0 Å². The number of alkyl halides is 3. The van der Waals surface area contributed by atoms with Gasteiger partial charge in [-0.3, -0.25) is 0 Å². The van der Waals surface area contributed by atoms with E-state index in [0.717, 1.165) is 12.0 Å². The van der Waals surface area contributed by atoms with E-state index in [0.29, 0.717) is 0 Å². The zero-order valence-corrected chi connectivity index (χ0v) is 10.3. The van der Waals surface area contributed by atoms with Crippen molar-refractivity contribution in [3.05, 3.63) is 35.4 Å². The Hall–Kier alpha value is -1.03. The predicted octanol–water partition coefficient (Wildman–Crippen LogP) is 3.94. The van der Waals surface area contributed by atoms with E-state index in [1.165, 1.54) is 12.1 Å². The monoisotopic (exact) mass is 245 g/mol. The standard InChI is InChI=1S/C13H18F3N/c1-4-12(2,3)10-7-5-9(6-8-10)11(17)13(14,15)16/h5-8,11H,4,17H2,1-3H3. The summed E-state index contributed by atoms with van der Waals surface area (Å²) in [5.74, 6) is 0. The van der Waals surface area contributed by atoms with E-state index < -0.39 is 12.2 Å². The Morgan fingerprint density at radius 2 is 1.59 bits per heavy atom. The minimum Gasteiger partial charge on any atom is -0.316 e. The molecule has 0 bridgehead atoms. The minimum absolute atomic E-state index is 0.0269. The SMILES string of the molecule is CCC(C)(C)c1ccc(C(N)C(F)(F)F)cc1. The van der Waals surface area contributed by atoms with Crippen LogP contribution in [0.25, 0.3) is 0 Å². The number of hydrogen-bond donors (Lipinski definition) is 1. The Bertz CT molecular complexity index is 365. The summed E-state index contributed by atoms with van der Waals surface area (Å²) in [5, 5.41) is 0. The summed E-state index contributed by atoms with van der Waals surface area (Å²) in [6.07, 6.45) is -3.46. The summed E-state index contributed by atoms with van der Waals surface area (Å²) in [5.41, 5.74) is 6.24. The van der Waals surface area contributed by atoms with Gasteiger partial charge in [-0.2, -0.15) is 13.2 Å².